The third kappa shape index (κ3) is 2.83. The van der Waals surface area contributed by atoms with E-state index in [4.69, 9.17) is 11.6 Å². The molecule has 0 aliphatic carbocycles. The normalized spacial score (nSPS) is 11.1. The smallest absolute Gasteiger partial charge is 0.251 e. The van der Waals surface area contributed by atoms with Crippen LogP contribution in [0.3, 0.4) is 0 Å². The summed E-state index contributed by atoms with van der Waals surface area (Å²) >= 11 is 6.09. The molecule has 4 nitrogen and oxygen atoms in total. The number of carbonyl (C=O) groups excluding carboxylic acids is 1. The Labute approximate surface area is 147 Å². The standard InChI is InChI=1S/C19H13ClFN3O/c20-15-4-2-1-3-12(15)10-23-19(25)11-5-6-13-14-7-8-22-18(21)17(14)24-16(13)9-11/h1-9,24H,10H2,(H,23,25). The summed E-state index contributed by atoms with van der Waals surface area (Å²) in [5, 5.41) is 5.04. The summed E-state index contributed by atoms with van der Waals surface area (Å²) in [6.07, 6.45) is 1.43. The van der Waals surface area contributed by atoms with Crippen LogP contribution < -0.4 is 5.32 Å². The van der Waals surface area contributed by atoms with Gasteiger partial charge in [0.2, 0.25) is 5.95 Å². The van der Waals surface area contributed by atoms with E-state index >= 15 is 0 Å². The SMILES string of the molecule is O=C(NCc1ccccc1Cl)c1ccc2c(c1)[nH]c1c(F)nccc12. The summed E-state index contributed by atoms with van der Waals surface area (Å²) in [5.74, 6) is -0.780. The Bertz CT molecular complexity index is 1110. The van der Waals surface area contributed by atoms with Crippen molar-refractivity contribution in [2.24, 2.45) is 0 Å². The molecule has 2 heterocycles. The fourth-order valence-corrected chi connectivity index (χ4v) is 3.06. The van der Waals surface area contributed by atoms with Crippen molar-refractivity contribution >= 4 is 39.3 Å². The Hall–Kier alpha value is -2.92. The minimum atomic E-state index is -0.557. The first-order chi connectivity index (χ1) is 12.1. The van der Waals surface area contributed by atoms with Gasteiger partial charge in [0.15, 0.2) is 0 Å². The van der Waals surface area contributed by atoms with Crippen molar-refractivity contribution in [2.45, 2.75) is 6.54 Å². The number of benzene rings is 2. The molecule has 0 saturated carbocycles. The molecule has 0 aliphatic heterocycles. The van der Waals surface area contributed by atoms with Crippen LogP contribution in [0.2, 0.25) is 5.02 Å². The third-order valence-electron chi connectivity index (χ3n) is 4.13. The van der Waals surface area contributed by atoms with Crippen LogP contribution >= 0.6 is 11.6 Å². The molecule has 4 aromatic rings. The molecular weight excluding hydrogens is 341 g/mol. The number of hydrogen-bond donors (Lipinski definition) is 2. The molecule has 124 valence electrons. The zero-order valence-electron chi connectivity index (χ0n) is 13.0. The lowest BCUT2D eigenvalue weighted by molar-refractivity contribution is 0.0951. The van der Waals surface area contributed by atoms with Gasteiger partial charge in [0.05, 0.1) is 0 Å². The molecular formula is C19H13ClFN3O. The van der Waals surface area contributed by atoms with Crippen molar-refractivity contribution in [3.05, 3.63) is 76.8 Å². The summed E-state index contributed by atoms with van der Waals surface area (Å²) in [7, 11) is 0. The number of halogens is 2. The quantitative estimate of drug-likeness (QED) is 0.535. The summed E-state index contributed by atoms with van der Waals surface area (Å²) in [6, 6.07) is 14.3. The number of nitrogens with one attached hydrogen (secondary N) is 2. The number of rotatable bonds is 3. The van der Waals surface area contributed by atoms with Gasteiger partial charge in [-0.15, -0.1) is 0 Å². The Morgan fingerprint density at radius 2 is 2.00 bits per heavy atom. The highest BCUT2D eigenvalue weighted by Gasteiger charge is 2.12. The summed E-state index contributed by atoms with van der Waals surface area (Å²) in [4.78, 5) is 19.0. The van der Waals surface area contributed by atoms with Crippen LogP contribution in [0.1, 0.15) is 15.9 Å². The van der Waals surface area contributed by atoms with Crippen LogP contribution in [0.25, 0.3) is 21.8 Å². The molecule has 4 rings (SSSR count). The minimum Gasteiger partial charge on any atom is -0.351 e. The van der Waals surface area contributed by atoms with E-state index in [0.29, 0.717) is 28.2 Å². The zero-order chi connectivity index (χ0) is 17.4. The van der Waals surface area contributed by atoms with Gasteiger partial charge in [-0.05, 0) is 29.8 Å². The van der Waals surface area contributed by atoms with E-state index in [1.54, 1.807) is 30.3 Å². The second-order valence-corrected chi connectivity index (χ2v) is 6.09. The average molecular weight is 354 g/mol. The first-order valence-corrected chi connectivity index (χ1v) is 8.09. The number of fused-ring (bicyclic) bond motifs is 3. The Kier molecular flexibility index (Phi) is 3.86. The van der Waals surface area contributed by atoms with Crippen LogP contribution in [0.15, 0.2) is 54.7 Å². The third-order valence-corrected chi connectivity index (χ3v) is 4.50. The minimum absolute atomic E-state index is 0.223. The molecule has 2 aromatic heterocycles. The number of H-pyrrole nitrogens is 1. The lowest BCUT2D eigenvalue weighted by Crippen LogP contribution is -2.22. The van der Waals surface area contributed by atoms with Crippen LogP contribution in [0, 0.1) is 5.95 Å². The maximum absolute atomic E-state index is 13.8. The van der Waals surface area contributed by atoms with Crippen molar-refractivity contribution in [3.8, 4) is 0 Å². The van der Waals surface area contributed by atoms with Crippen molar-refractivity contribution in [1.82, 2.24) is 15.3 Å². The molecule has 0 bridgehead atoms. The fraction of sp³-hybridized carbons (Fsp3) is 0.0526. The molecule has 0 atom stereocenters. The molecule has 0 fully saturated rings. The van der Waals surface area contributed by atoms with Crippen LogP contribution in [0.5, 0.6) is 0 Å². The maximum Gasteiger partial charge on any atom is 0.251 e. The van der Waals surface area contributed by atoms with E-state index in [-0.39, 0.29) is 5.91 Å². The number of amides is 1. The van der Waals surface area contributed by atoms with Crippen molar-refractivity contribution in [1.29, 1.82) is 0 Å². The topological polar surface area (TPSA) is 57.8 Å². The van der Waals surface area contributed by atoms with Gasteiger partial charge in [-0.25, -0.2) is 4.98 Å². The van der Waals surface area contributed by atoms with E-state index < -0.39 is 5.95 Å². The lowest BCUT2D eigenvalue weighted by atomic mass is 10.1. The molecule has 0 saturated heterocycles. The monoisotopic (exact) mass is 353 g/mol. The fourth-order valence-electron chi connectivity index (χ4n) is 2.86. The highest BCUT2D eigenvalue weighted by molar-refractivity contribution is 6.31. The maximum atomic E-state index is 13.8. The number of aromatic amines is 1. The molecule has 6 heteroatoms. The first kappa shape index (κ1) is 15.6. The summed E-state index contributed by atoms with van der Waals surface area (Å²) in [5.41, 5.74) is 2.36. The van der Waals surface area contributed by atoms with Gasteiger partial charge in [-0.1, -0.05) is 35.9 Å². The number of hydrogen-bond acceptors (Lipinski definition) is 2. The van der Waals surface area contributed by atoms with E-state index in [9.17, 15) is 9.18 Å². The van der Waals surface area contributed by atoms with Gasteiger partial charge >= 0.3 is 0 Å². The molecule has 2 N–H and O–H groups in total. The molecule has 0 radical (unpaired) electrons. The number of nitrogens with zero attached hydrogens (tertiary/aromatic N) is 1. The van der Waals surface area contributed by atoms with Gasteiger partial charge in [0.25, 0.3) is 5.91 Å². The van der Waals surface area contributed by atoms with Crippen molar-refractivity contribution in [3.63, 3.8) is 0 Å². The predicted molar refractivity (Wildman–Crippen MR) is 96.2 cm³/mol. The van der Waals surface area contributed by atoms with E-state index in [0.717, 1.165) is 16.3 Å². The largest absolute Gasteiger partial charge is 0.351 e. The number of aromatic nitrogens is 2. The van der Waals surface area contributed by atoms with Gasteiger partial charge in [0, 0.05) is 39.6 Å². The van der Waals surface area contributed by atoms with E-state index in [2.05, 4.69) is 15.3 Å². The van der Waals surface area contributed by atoms with Crippen LogP contribution in [-0.2, 0) is 6.54 Å². The molecule has 0 unspecified atom stereocenters. The predicted octanol–water partition coefficient (Wildman–Crippen LogP) is 4.44. The Balaban J connectivity index is 1.63. The Morgan fingerprint density at radius 1 is 1.16 bits per heavy atom. The summed E-state index contributed by atoms with van der Waals surface area (Å²) < 4.78 is 13.8. The molecule has 0 spiro atoms. The van der Waals surface area contributed by atoms with Crippen molar-refractivity contribution in [2.75, 3.05) is 0 Å². The summed E-state index contributed by atoms with van der Waals surface area (Å²) in [6.45, 7) is 0.335. The van der Waals surface area contributed by atoms with Gasteiger partial charge in [-0.2, -0.15) is 4.39 Å². The van der Waals surface area contributed by atoms with Gasteiger partial charge < -0.3 is 10.3 Å². The molecule has 2 aromatic carbocycles. The highest BCUT2D eigenvalue weighted by atomic mass is 35.5. The second kappa shape index (κ2) is 6.18. The van der Waals surface area contributed by atoms with Crippen LogP contribution in [0.4, 0.5) is 4.39 Å². The second-order valence-electron chi connectivity index (χ2n) is 5.68. The first-order valence-electron chi connectivity index (χ1n) is 7.71. The Morgan fingerprint density at radius 3 is 2.84 bits per heavy atom. The highest BCUT2D eigenvalue weighted by Crippen LogP contribution is 2.26. The lowest BCUT2D eigenvalue weighted by Gasteiger charge is -2.07. The average Bonchev–Trinajstić information content (AvgIpc) is 3.00. The van der Waals surface area contributed by atoms with E-state index in [1.165, 1.54) is 6.20 Å². The number of carbonyl (C=O) groups is 1. The van der Waals surface area contributed by atoms with Crippen molar-refractivity contribution < 1.29 is 9.18 Å². The molecule has 0 aliphatic rings. The van der Waals surface area contributed by atoms with E-state index in [1.807, 2.05) is 18.2 Å². The molecule has 1 amide bonds. The zero-order valence-corrected chi connectivity index (χ0v) is 13.8. The van der Waals surface area contributed by atoms with Crippen LogP contribution in [-0.4, -0.2) is 15.9 Å². The van der Waals surface area contributed by atoms with Gasteiger partial charge in [-0.3, -0.25) is 4.79 Å². The number of pyridine rings is 1. The molecule has 25 heavy (non-hydrogen) atoms. The van der Waals surface area contributed by atoms with Gasteiger partial charge in [0.1, 0.15) is 5.52 Å².